The maximum absolute atomic E-state index is 11.3. The van der Waals surface area contributed by atoms with Gasteiger partial charge in [-0.3, -0.25) is 0 Å². The summed E-state index contributed by atoms with van der Waals surface area (Å²) in [5, 5.41) is 18.5. The molecule has 2 rings (SSSR count). The molecule has 0 aromatic carbocycles. The highest BCUT2D eigenvalue weighted by molar-refractivity contribution is 5.73. The van der Waals surface area contributed by atoms with Crippen molar-refractivity contribution in [2.45, 2.75) is 37.8 Å². The molecule has 16 heavy (non-hydrogen) atoms. The van der Waals surface area contributed by atoms with Crippen LogP contribution in [0.1, 0.15) is 6.92 Å². The van der Waals surface area contributed by atoms with Crippen molar-refractivity contribution >= 4 is 5.97 Å². The van der Waals surface area contributed by atoms with Crippen LogP contribution in [-0.4, -0.2) is 60.3 Å². The van der Waals surface area contributed by atoms with E-state index < -0.39 is 36.9 Å². The molecule has 0 amide bonds. The fraction of sp³-hybridized carbons (Fsp3) is 0.889. The van der Waals surface area contributed by atoms with Crippen LogP contribution in [0.2, 0.25) is 0 Å². The third-order valence-corrected chi connectivity index (χ3v) is 2.49. The normalized spacial score (nSPS) is 42.1. The predicted molar refractivity (Wildman–Crippen MR) is 48.1 cm³/mol. The number of carbonyl (C=O) groups excluding carboxylic acids is 1. The molecule has 0 aromatic rings. The summed E-state index contributed by atoms with van der Waals surface area (Å²) >= 11 is 0. The number of aliphatic hydroxyl groups excluding tert-OH is 2. The molecule has 2 saturated heterocycles. The summed E-state index contributed by atoms with van der Waals surface area (Å²) in [4.78, 5) is 11.3. The molecule has 0 radical (unpaired) electrons. The number of hydrogen-bond acceptors (Lipinski definition) is 7. The molecule has 5 atom stereocenters. The third-order valence-electron chi connectivity index (χ3n) is 2.49. The number of esters is 1. The zero-order chi connectivity index (χ0) is 11.7. The lowest BCUT2D eigenvalue weighted by Gasteiger charge is -2.16. The zero-order valence-corrected chi connectivity index (χ0v) is 8.74. The van der Waals surface area contributed by atoms with Crippen LogP contribution in [-0.2, 0) is 23.7 Å². The topological polar surface area (TPSA) is 94.5 Å². The molecule has 7 heteroatoms. The van der Waals surface area contributed by atoms with Gasteiger partial charge in [-0.1, -0.05) is 0 Å². The molecule has 2 N–H and O–H groups in total. The van der Waals surface area contributed by atoms with Crippen molar-refractivity contribution < 1.29 is 34.0 Å². The van der Waals surface area contributed by atoms with Crippen molar-refractivity contribution in [2.24, 2.45) is 0 Å². The van der Waals surface area contributed by atoms with Crippen LogP contribution in [0.4, 0.5) is 0 Å². The second-order valence-corrected chi connectivity index (χ2v) is 3.54. The van der Waals surface area contributed by atoms with Crippen molar-refractivity contribution in [3.05, 3.63) is 0 Å². The molecule has 0 bridgehead atoms. The molecule has 5 unspecified atom stereocenters. The molecule has 2 aliphatic heterocycles. The maximum Gasteiger partial charge on any atom is 0.363 e. The van der Waals surface area contributed by atoms with Crippen LogP contribution in [0, 0.1) is 0 Å². The summed E-state index contributed by atoms with van der Waals surface area (Å²) in [5.74, 6) is -0.645. The average Bonchev–Trinajstić information content (AvgIpc) is 2.79. The number of ether oxygens (including phenoxy) is 4. The average molecular weight is 234 g/mol. The number of rotatable bonds is 3. The number of hydrogen-bond donors (Lipinski definition) is 2. The highest BCUT2D eigenvalue weighted by atomic mass is 16.8. The molecular formula is C9H14O7. The molecule has 0 saturated carbocycles. The van der Waals surface area contributed by atoms with Gasteiger partial charge in [0.25, 0.3) is 6.29 Å². The van der Waals surface area contributed by atoms with Gasteiger partial charge in [-0.05, 0) is 6.92 Å². The van der Waals surface area contributed by atoms with Crippen LogP contribution in [0.25, 0.3) is 0 Å². The SMILES string of the molecule is CCOC(=O)C1OC2OC(CO)C(O)C2O1. The van der Waals surface area contributed by atoms with Crippen LogP contribution < -0.4 is 0 Å². The minimum Gasteiger partial charge on any atom is -0.462 e. The molecule has 92 valence electrons. The van der Waals surface area contributed by atoms with Gasteiger partial charge in [-0.25, -0.2) is 4.79 Å². The Morgan fingerprint density at radius 1 is 1.38 bits per heavy atom. The molecule has 0 spiro atoms. The Morgan fingerprint density at radius 2 is 2.12 bits per heavy atom. The minimum absolute atomic E-state index is 0.222. The smallest absolute Gasteiger partial charge is 0.363 e. The van der Waals surface area contributed by atoms with E-state index in [0.717, 1.165) is 0 Å². The monoisotopic (exact) mass is 234 g/mol. The molecule has 2 fully saturated rings. The van der Waals surface area contributed by atoms with Gasteiger partial charge in [-0.2, -0.15) is 0 Å². The summed E-state index contributed by atoms with van der Waals surface area (Å²) < 4.78 is 20.1. The standard InChI is InChI=1S/C9H14O7/c1-2-13-7(12)9-15-6-5(11)4(3-10)14-8(6)16-9/h4-6,8-11H,2-3H2,1H3. The fourth-order valence-electron chi connectivity index (χ4n) is 1.73. The van der Waals surface area contributed by atoms with E-state index in [2.05, 4.69) is 0 Å². The number of fused-ring (bicyclic) bond motifs is 1. The van der Waals surface area contributed by atoms with Crippen molar-refractivity contribution in [3.8, 4) is 0 Å². The Balaban J connectivity index is 1.93. The van der Waals surface area contributed by atoms with E-state index in [4.69, 9.17) is 24.1 Å². The van der Waals surface area contributed by atoms with E-state index in [-0.39, 0.29) is 13.2 Å². The first-order valence-electron chi connectivity index (χ1n) is 5.09. The van der Waals surface area contributed by atoms with Crippen LogP contribution >= 0.6 is 0 Å². The van der Waals surface area contributed by atoms with Gasteiger partial charge in [-0.15, -0.1) is 0 Å². The van der Waals surface area contributed by atoms with E-state index in [0.29, 0.717) is 0 Å². The summed E-state index contributed by atoms with van der Waals surface area (Å²) in [6.45, 7) is 1.56. The molecule has 7 nitrogen and oxygen atoms in total. The van der Waals surface area contributed by atoms with Crippen LogP contribution in [0.3, 0.4) is 0 Å². The zero-order valence-electron chi connectivity index (χ0n) is 8.74. The Bertz CT molecular complexity index is 269. The maximum atomic E-state index is 11.3. The number of carbonyl (C=O) groups is 1. The van der Waals surface area contributed by atoms with Crippen molar-refractivity contribution in [1.29, 1.82) is 0 Å². The fourth-order valence-corrected chi connectivity index (χ4v) is 1.73. The quantitative estimate of drug-likeness (QED) is 0.566. The minimum atomic E-state index is -1.16. The van der Waals surface area contributed by atoms with Gasteiger partial charge in [0.2, 0.25) is 0 Å². The van der Waals surface area contributed by atoms with E-state index in [9.17, 15) is 9.90 Å². The van der Waals surface area contributed by atoms with Gasteiger partial charge in [0.15, 0.2) is 6.29 Å². The van der Waals surface area contributed by atoms with Crippen molar-refractivity contribution in [3.63, 3.8) is 0 Å². The van der Waals surface area contributed by atoms with Crippen molar-refractivity contribution in [2.75, 3.05) is 13.2 Å². The highest BCUT2D eigenvalue weighted by Crippen LogP contribution is 2.32. The van der Waals surface area contributed by atoms with E-state index in [1.165, 1.54) is 0 Å². The lowest BCUT2D eigenvalue weighted by Crippen LogP contribution is -2.35. The lowest BCUT2D eigenvalue weighted by atomic mass is 10.1. The summed E-state index contributed by atoms with van der Waals surface area (Å²) in [7, 11) is 0. The van der Waals surface area contributed by atoms with Gasteiger partial charge in [0.05, 0.1) is 13.2 Å². The van der Waals surface area contributed by atoms with E-state index >= 15 is 0 Å². The lowest BCUT2D eigenvalue weighted by molar-refractivity contribution is -0.200. The number of aliphatic hydroxyl groups is 2. The van der Waals surface area contributed by atoms with E-state index in [1.54, 1.807) is 6.92 Å². The molecule has 2 heterocycles. The first-order valence-corrected chi connectivity index (χ1v) is 5.09. The summed E-state index contributed by atoms with van der Waals surface area (Å²) in [5.41, 5.74) is 0. The van der Waals surface area contributed by atoms with Gasteiger partial charge >= 0.3 is 5.97 Å². The Kier molecular flexibility index (Phi) is 3.41. The van der Waals surface area contributed by atoms with E-state index in [1.807, 2.05) is 0 Å². The van der Waals surface area contributed by atoms with Gasteiger partial charge in [0, 0.05) is 0 Å². The molecule has 0 aliphatic carbocycles. The first-order chi connectivity index (χ1) is 7.67. The Morgan fingerprint density at radius 3 is 2.69 bits per heavy atom. The van der Waals surface area contributed by atoms with Crippen LogP contribution in [0.15, 0.2) is 0 Å². The first kappa shape index (κ1) is 11.7. The largest absolute Gasteiger partial charge is 0.462 e. The highest BCUT2D eigenvalue weighted by Gasteiger charge is 2.53. The molecular weight excluding hydrogens is 220 g/mol. The molecule has 2 aliphatic rings. The van der Waals surface area contributed by atoms with Crippen molar-refractivity contribution in [1.82, 2.24) is 0 Å². The second-order valence-electron chi connectivity index (χ2n) is 3.54. The molecule has 0 aromatic heterocycles. The van der Waals surface area contributed by atoms with Gasteiger partial charge in [0.1, 0.15) is 18.3 Å². The predicted octanol–water partition coefficient (Wildman–Crippen LogP) is -1.63. The third kappa shape index (κ3) is 1.92. The summed E-state index contributed by atoms with van der Waals surface area (Å²) in [6, 6.07) is 0. The Hall–Kier alpha value is -0.730. The Labute approximate surface area is 91.9 Å². The summed E-state index contributed by atoms with van der Waals surface area (Å²) in [6.07, 6.45) is -4.50. The second kappa shape index (κ2) is 4.64. The van der Waals surface area contributed by atoms with Crippen LogP contribution in [0.5, 0.6) is 0 Å². The van der Waals surface area contributed by atoms with Gasteiger partial charge < -0.3 is 29.2 Å².